The molecule has 18 heavy (non-hydrogen) atoms. The normalized spacial score (nSPS) is 18.1. The van der Waals surface area contributed by atoms with Gasteiger partial charge in [-0.05, 0) is 51.2 Å². The summed E-state index contributed by atoms with van der Waals surface area (Å²) in [5, 5.41) is 4.76. The molecule has 1 N–H and O–H groups in total. The summed E-state index contributed by atoms with van der Waals surface area (Å²) in [6, 6.07) is 13.0. The van der Waals surface area contributed by atoms with Crippen molar-refractivity contribution in [3.05, 3.63) is 36.4 Å². The molecule has 2 aromatic rings. The molecule has 0 aliphatic carbocycles. The number of benzene rings is 1. The highest BCUT2D eigenvalue weighted by molar-refractivity contribution is 5.80. The molecule has 1 aromatic carbocycles. The SMILES string of the molecule is CN1CCC(Nc2ccc3ccccc3n2)CC1. The van der Waals surface area contributed by atoms with Gasteiger partial charge in [-0.2, -0.15) is 0 Å². The van der Waals surface area contributed by atoms with Crippen LogP contribution in [0.5, 0.6) is 0 Å². The molecular formula is C15H19N3. The van der Waals surface area contributed by atoms with Gasteiger partial charge in [-0.1, -0.05) is 18.2 Å². The van der Waals surface area contributed by atoms with E-state index in [4.69, 9.17) is 0 Å². The Kier molecular flexibility index (Phi) is 3.15. The van der Waals surface area contributed by atoms with Gasteiger partial charge in [-0.25, -0.2) is 4.98 Å². The van der Waals surface area contributed by atoms with Crippen LogP contribution < -0.4 is 5.32 Å². The van der Waals surface area contributed by atoms with Crippen LogP contribution in [0.4, 0.5) is 5.82 Å². The summed E-state index contributed by atoms with van der Waals surface area (Å²) in [6.45, 7) is 2.34. The van der Waals surface area contributed by atoms with Gasteiger partial charge in [-0.3, -0.25) is 0 Å². The van der Waals surface area contributed by atoms with Gasteiger partial charge in [-0.15, -0.1) is 0 Å². The third kappa shape index (κ3) is 2.46. The van der Waals surface area contributed by atoms with E-state index in [-0.39, 0.29) is 0 Å². The number of rotatable bonds is 2. The quantitative estimate of drug-likeness (QED) is 0.876. The molecular weight excluding hydrogens is 222 g/mol. The summed E-state index contributed by atoms with van der Waals surface area (Å²) in [5.41, 5.74) is 1.07. The molecule has 0 radical (unpaired) electrons. The first-order valence-electron chi connectivity index (χ1n) is 6.62. The maximum absolute atomic E-state index is 4.66. The lowest BCUT2D eigenvalue weighted by Crippen LogP contribution is -2.36. The standard InChI is InChI=1S/C15H19N3/c1-18-10-8-13(9-11-18)16-15-7-6-12-4-2-3-5-14(12)17-15/h2-7,13H,8-11H2,1H3,(H,16,17). The Morgan fingerprint density at radius 1 is 1.11 bits per heavy atom. The van der Waals surface area contributed by atoms with Gasteiger partial charge in [0.2, 0.25) is 0 Å². The van der Waals surface area contributed by atoms with Crippen molar-refractivity contribution in [3.63, 3.8) is 0 Å². The molecule has 0 unspecified atom stereocenters. The fourth-order valence-corrected chi connectivity index (χ4v) is 2.51. The van der Waals surface area contributed by atoms with Crippen molar-refractivity contribution in [2.75, 3.05) is 25.5 Å². The molecule has 94 valence electrons. The van der Waals surface area contributed by atoms with Crippen molar-refractivity contribution in [2.24, 2.45) is 0 Å². The van der Waals surface area contributed by atoms with E-state index in [0.717, 1.165) is 11.3 Å². The largest absolute Gasteiger partial charge is 0.367 e. The van der Waals surface area contributed by atoms with E-state index in [1.807, 2.05) is 12.1 Å². The third-order valence-electron chi connectivity index (χ3n) is 3.67. The molecule has 0 atom stereocenters. The fourth-order valence-electron chi connectivity index (χ4n) is 2.51. The van der Waals surface area contributed by atoms with Gasteiger partial charge < -0.3 is 10.2 Å². The highest BCUT2D eigenvalue weighted by Gasteiger charge is 2.16. The van der Waals surface area contributed by atoms with Crippen molar-refractivity contribution in [1.82, 2.24) is 9.88 Å². The zero-order valence-corrected chi connectivity index (χ0v) is 10.8. The van der Waals surface area contributed by atoms with Gasteiger partial charge in [0.15, 0.2) is 0 Å². The summed E-state index contributed by atoms with van der Waals surface area (Å²) < 4.78 is 0. The molecule has 0 spiro atoms. The predicted molar refractivity (Wildman–Crippen MR) is 75.9 cm³/mol. The predicted octanol–water partition coefficient (Wildman–Crippen LogP) is 2.74. The van der Waals surface area contributed by atoms with Gasteiger partial charge in [0.25, 0.3) is 0 Å². The van der Waals surface area contributed by atoms with Gasteiger partial charge in [0.1, 0.15) is 5.82 Å². The average Bonchev–Trinajstić information content (AvgIpc) is 2.41. The summed E-state index contributed by atoms with van der Waals surface area (Å²) in [7, 11) is 2.19. The smallest absolute Gasteiger partial charge is 0.126 e. The van der Waals surface area contributed by atoms with E-state index in [1.54, 1.807) is 0 Å². The number of pyridine rings is 1. The Morgan fingerprint density at radius 2 is 1.89 bits per heavy atom. The van der Waals surface area contributed by atoms with Crippen molar-refractivity contribution >= 4 is 16.7 Å². The lowest BCUT2D eigenvalue weighted by molar-refractivity contribution is 0.263. The molecule has 3 nitrogen and oxygen atoms in total. The Labute approximate surface area is 108 Å². The van der Waals surface area contributed by atoms with Crippen LogP contribution in [0.2, 0.25) is 0 Å². The minimum atomic E-state index is 0.565. The number of likely N-dealkylation sites (tertiary alicyclic amines) is 1. The van der Waals surface area contributed by atoms with Crippen LogP contribution >= 0.6 is 0 Å². The minimum absolute atomic E-state index is 0.565. The molecule has 3 rings (SSSR count). The lowest BCUT2D eigenvalue weighted by atomic mass is 10.1. The number of piperidine rings is 1. The average molecular weight is 241 g/mol. The van der Waals surface area contributed by atoms with Crippen LogP contribution in [-0.4, -0.2) is 36.1 Å². The second-order valence-electron chi connectivity index (χ2n) is 5.11. The van der Waals surface area contributed by atoms with E-state index >= 15 is 0 Å². The van der Waals surface area contributed by atoms with Crippen molar-refractivity contribution < 1.29 is 0 Å². The van der Waals surface area contributed by atoms with Crippen molar-refractivity contribution in [2.45, 2.75) is 18.9 Å². The number of nitrogens with one attached hydrogen (secondary N) is 1. The lowest BCUT2D eigenvalue weighted by Gasteiger charge is -2.29. The molecule has 1 aliphatic heterocycles. The minimum Gasteiger partial charge on any atom is -0.367 e. The number of hydrogen-bond donors (Lipinski definition) is 1. The molecule has 0 bridgehead atoms. The number of para-hydroxylation sites is 1. The first-order valence-corrected chi connectivity index (χ1v) is 6.62. The zero-order chi connectivity index (χ0) is 12.4. The molecule has 2 heterocycles. The Hall–Kier alpha value is -1.61. The van der Waals surface area contributed by atoms with Crippen molar-refractivity contribution in [1.29, 1.82) is 0 Å². The van der Waals surface area contributed by atoms with E-state index in [2.05, 4.69) is 46.5 Å². The number of nitrogens with zero attached hydrogens (tertiary/aromatic N) is 2. The van der Waals surface area contributed by atoms with Crippen LogP contribution in [0.25, 0.3) is 10.9 Å². The monoisotopic (exact) mass is 241 g/mol. The van der Waals surface area contributed by atoms with E-state index < -0.39 is 0 Å². The second kappa shape index (κ2) is 4.94. The van der Waals surface area contributed by atoms with Crippen LogP contribution in [-0.2, 0) is 0 Å². The molecule has 0 saturated carbocycles. The van der Waals surface area contributed by atoms with E-state index in [0.29, 0.717) is 6.04 Å². The second-order valence-corrected chi connectivity index (χ2v) is 5.11. The Balaban J connectivity index is 1.74. The number of aromatic nitrogens is 1. The summed E-state index contributed by atoms with van der Waals surface area (Å²) >= 11 is 0. The maximum atomic E-state index is 4.66. The topological polar surface area (TPSA) is 28.2 Å². The van der Waals surface area contributed by atoms with Gasteiger partial charge in [0.05, 0.1) is 5.52 Å². The summed E-state index contributed by atoms with van der Waals surface area (Å²) in [5.74, 6) is 1.00. The first kappa shape index (κ1) is 11.5. The Bertz CT molecular complexity index is 530. The number of hydrogen-bond acceptors (Lipinski definition) is 3. The van der Waals surface area contributed by atoms with Crippen molar-refractivity contribution in [3.8, 4) is 0 Å². The first-order chi connectivity index (χ1) is 8.81. The highest BCUT2D eigenvalue weighted by Crippen LogP contribution is 2.18. The molecule has 1 aliphatic rings. The molecule has 1 aromatic heterocycles. The number of fused-ring (bicyclic) bond motifs is 1. The third-order valence-corrected chi connectivity index (χ3v) is 3.67. The Morgan fingerprint density at radius 3 is 2.72 bits per heavy atom. The molecule has 1 fully saturated rings. The van der Waals surface area contributed by atoms with Crippen LogP contribution in [0.15, 0.2) is 36.4 Å². The van der Waals surface area contributed by atoms with Crippen LogP contribution in [0.1, 0.15) is 12.8 Å². The fraction of sp³-hybridized carbons (Fsp3) is 0.400. The van der Waals surface area contributed by atoms with E-state index in [1.165, 1.54) is 31.3 Å². The van der Waals surface area contributed by atoms with Gasteiger partial charge in [0, 0.05) is 11.4 Å². The number of anilines is 1. The highest BCUT2D eigenvalue weighted by atomic mass is 15.1. The molecule has 3 heteroatoms. The molecule has 0 amide bonds. The summed E-state index contributed by atoms with van der Waals surface area (Å²) in [6.07, 6.45) is 2.40. The van der Waals surface area contributed by atoms with Crippen LogP contribution in [0, 0.1) is 0 Å². The van der Waals surface area contributed by atoms with Gasteiger partial charge >= 0.3 is 0 Å². The maximum Gasteiger partial charge on any atom is 0.126 e. The zero-order valence-electron chi connectivity index (χ0n) is 10.8. The molecule has 1 saturated heterocycles. The summed E-state index contributed by atoms with van der Waals surface area (Å²) in [4.78, 5) is 7.04. The van der Waals surface area contributed by atoms with E-state index in [9.17, 15) is 0 Å². The van der Waals surface area contributed by atoms with Crippen LogP contribution in [0.3, 0.4) is 0 Å².